The number of nitrogens with zero attached hydrogens (tertiary/aromatic N) is 1. The van der Waals surface area contributed by atoms with Crippen molar-refractivity contribution in [3.05, 3.63) is 65.7 Å². The zero-order chi connectivity index (χ0) is 19.2. The van der Waals surface area contributed by atoms with E-state index in [1.807, 2.05) is 59.5 Å². The standard InChI is InChI=1S/C21H24N2O4/c1-15(21(25)27-14-16-8-4-3-5-9-16)22-20(24)18-13-23(18)12-17-10-6-7-11-19(17)26-2/h3-11,15,18H,12-14H2,1-2H3,(H,22,24). The molecule has 1 N–H and O–H groups in total. The molecule has 3 atom stereocenters. The monoisotopic (exact) mass is 368 g/mol. The summed E-state index contributed by atoms with van der Waals surface area (Å²) in [6, 6.07) is 16.3. The van der Waals surface area contributed by atoms with Crippen LogP contribution in [0.1, 0.15) is 18.1 Å². The second-order valence-electron chi connectivity index (χ2n) is 6.58. The van der Waals surface area contributed by atoms with Crippen molar-refractivity contribution < 1.29 is 19.1 Å². The minimum atomic E-state index is -0.685. The fourth-order valence-corrected chi connectivity index (χ4v) is 2.87. The van der Waals surface area contributed by atoms with Gasteiger partial charge in [-0.2, -0.15) is 0 Å². The lowest BCUT2D eigenvalue weighted by Crippen LogP contribution is -2.42. The van der Waals surface area contributed by atoms with Crippen molar-refractivity contribution in [2.45, 2.75) is 32.2 Å². The van der Waals surface area contributed by atoms with E-state index in [1.54, 1.807) is 14.0 Å². The maximum atomic E-state index is 12.4. The van der Waals surface area contributed by atoms with Crippen molar-refractivity contribution >= 4 is 11.9 Å². The van der Waals surface area contributed by atoms with E-state index >= 15 is 0 Å². The van der Waals surface area contributed by atoms with Crippen LogP contribution in [-0.2, 0) is 27.5 Å². The maximum Gasteiger partial charge on any atom is 0.328 e. The summed E-state index contributed by atoms with van der Waals surface area (Å²) in [6.07, 6.45) is 0. The van der Waals surface area contributed by atoms with Crippen molar-refractivity contribution in [1.82, 2.24) is 10.2 Å². The number of hydrogen-bond donors (Lipinski definition) is 1. The Morgan fingerprint density at radius 2 is 1.85 bits per heavy atom. The first-order valence-corrected chi connectivity index (χ1v) is 8.95. The molecule has 6 heteroatoms. The topological polar surface area (TPSA) is 67.6 Å². The first-order valence-electron chi connectivity index (χ1n) is 8.95. The molecule has 1 heterocycles. The van der Waals surface area contributed by atoms with Gasteiger partial charge in [-0.05, 0) is 18.6 Å². The third-order valence-electron chi connectivity index (χ3n) is 4.52. The van der Waals surface area contributed by atoms with E-state index in [4.69, 9.17) is 9.47 Å². The molecule has 6 nitrogen and oxygen atoms in total. The van der Waals surface area contributed by atoms with Crippen LogP contribution in [0, 0.1) is 0 Å². The summed E-state index contributed by atoms with van der Waals surface area (Å²) in [5.74, 6) is 0.208. The van der Waals surface area contributed by atoms with Gasteiger partial charge < -0.3 is 14.8 Å². The Labute approximate surface area is 159 Å². The molecule has 1 aliphatic heterocycles. The summed E-state index contributed by atoms with van der Waals surface area (Å²) in [7, 11) is 1.63. The van der Waals surface area contributed by atoms with E-state index in [0.29, 0.717) is 13.1 Å². The molecule has 142 valence electrons. The van der Waals surface area contributed by atoms with Crippen molar-refractivity contribution in [3.8, 4) is 5.75 Å². The fourth-order valence-electron chi connectivity index (χ4n) is 2.87. The minimum Gasteiger partial charge on any atom is -0.496 e. The molecule has 0 bridgehead atoms. The number of esters is 1. The number of methoxy groups -OCH3 is 1. The number of rotatable bonds is 8. The van der Waals surface area contributed by atoms with Crippen LogP contribution in [0.2, 0.25) is 0 Å². The lowest BCUT2D eigenvalue weighted by atomic mass is 10.2. The van der Waals surface area contributed by atoms with Gasteiger partial charge in [-0.25, -0.2) is 4.79 Å². The molecule has 1 fully saturated rings. The summed E-state index contributed by atoms with van der Waals surface area (Å²) < 4.78 is 10.6. The van der Waals surface area contributed by atoms with Crippen LogP contribution in [0.3, 0.4) is 0 Å². The van der Waals surface area contributed by atoms with Crippen LogP contribution in [0.15, 0.2) is 54.6 Å². The summed E-state index contributed by atoms with van der Waals surface area (Å²) >= 11 is 0. The van der Waals surface area contributed by atoms with Gasteiger partial charge >= 0.3 is 5.97 Å². The normalized spacial score (nSPS) is 19.0. The SMILES string of the molecule is COc1ccccc1CN1CC1C(=O)NC(C)C(=O)OCc1ccccc1. The molecule has 1 aliphatic rings. The summed E-state index contributed by atoms with van der Waals surface area (Å²) in [6.45, 7) is 3.13. The van der Waals surface area contributed by atoms with Crippen LogP contribution in [-0.4, -0.2) is 42.5 Å². The Morgan fingerprint density at radius 1 is 1.15 bits per heavy atom. The number of ether oxygens (including phenoxy) is 2. The van der Waals surface area contributed by atoms with Crippen LogP contribution in [0.25, 0.3) is 0 Å². The Balaban J connectivity index is 1.44. The summed E-state index contributed by atoms with van der Waals surface area (Å²) in [5, 5.41) is 2.74. The third-order valence-corrected chi connectivity index (χ3v) is 4.52. The highest BCUT2D eigenvalue weighted by Gasteiger charge is 2.41. The second kappa shape index (κ2) is 8.68. The average Bonchev–Trinajstić information content (AvgIpc) is 3.46. The number of nitrogens with one attached hydrogen (secondary N) is 1. The quantitative estimate of drug-likeness (QED) is 0.571. The highest BCUT2D eigenvalue weighted by Crippen LogP contribution is 2.26. The number of amides is 1. The molecule has 3 rings (SSSR count). The molecule has 0 saturated carbocycles. The van der Waals surface area contributed by atoms with Gasteiger partial charge in [0.25, 0.3) is 0 Å². The number of benzene rings is 2. The Bertz CT molecular complexity index is 794. The molecule has 0 radical (unpaired) electrons. The van der Waals surface area contributed by atoms with E-state index in [1.165, 1.54) is 0 Å². The molecule has 2 aromatic rings. The van der Waals surface area contributed by atoms with E-state index < -0.39 is 12.0 Å². The highest BCUT2D eigenvalue weighted by molar-refractivity contribution is 5.89. The average molecular weight is 368 g/mol. The smallest absolute Gasteiger partial charge is 0.328 e. The van der Waals surface area contributed by atoms with Gasteiger partial charge in [0.1, 0.15) is 24.4 Å². The van der Waals surface area contributed by atoms with Crippen LogP contribution in [0.5, 0.6) is 5.75 Å². The van der Waals surface area contributed by atoms with Crippen molar-refractivity contribution in [2.24, 2.45) is 0 Å². The van der Waals surface area contributed by atoms with Crippen LogP contribution in [0.4, 0.5) is 0 Å². The predicted molar refractivity (Wildman–Crippen MR) is 101 cm³/mol. The molecule has 0 aromatic heterocycles. The predicted octanol–water partition coefficient (Wildman–Crippen LogP) is 2.13. The maximum absolute atomic E-state index is 12.4. The Morgan fingerprint density at radius 3 is 2.59 bits per heavy atom. The Kier molecular flexibility index (Phi) is 6.08. The highest BCUT2D eigenvalue weighted by atomic mass is 16.5. The van der Waals surface area contributed by atoms with Gasteiger partial charge in [0.15, 0.2) is 0 Å². The van der Waals surface area contributed by atoms with Gasteiger partial charge in [0, 0.05) is 18.7 Å². The summed E-state index contributed by atoms with van der Waals surface area (Å²) in [4.78, 5) is 26.5. The Hall–Kier alpha value is -2.86. The molecular weight excluding hydrogens is 344 g/mol. The molecule has 3 unspecified atom stereocenters. The number of carbonyl (C=O) groups is 2. The van der Waals surface area contributed by atoms with Crippen LogP contribution < -0.4 is 10.1 Å². The van der Waals surface area contributed by atoms with Gasteiger partial charge in [-0.15, -0.1) is 0 Å². The second-order valence-corrected chi connectivity index (χ2v) is 6.58. The molecule has 0 spiro atoms. The molecule has 27 heavy (non-hydrogen) atoms. The van der Waals surface area contributed by atoms with Gasteiger partial charge in [-0.3, -0.25) is 9.69 Å². The largest absolute Gasteiger partial charge is 0.496 e. The first kappa shape index (κ1) is 18.9. The van der Waals surface area contributed by atoms with Crippen molar-refractivity contribution in [1.29, 1.82) is 0 Å². The zero-order valence-corrected chi connectivity index (χ0v) is 15.6. The third kappa shape index (κ3) is 5.08. The number of hydrogen-bond acceptors (Lipinski definition) is 5. The minimum absolute atomic E-state index is 0.158. The molecule has 1 amide bonds. The van der Waals surface area contributed by atoms with E-state index in [-0.39, 0.29) is 18.6 Å². The van der Waals surface area contributed by atoms with Gasteiger partial charge in [0.05, 0.1) is 7.11 Å². The van der Waals surface area contributed by atoms with Crippen molar-refractivity contribution in [3.63, 3.8) is 0 Å². The molecule has 1 saturated heterocycles. The fraction of sp³-hybridized carbons (Fsp3) is 0.333. The van der Waals surface area contributed by atoms with E-state index in [0.717, 1.165) is 16.9 Å². The molecule has 0 aliphatic carbocycles. The zero-order valence-electron chi connectivity index (χ0n) is 15.6. The molecule has 2 aromatic carbocycles. The lowest BCUT2D eigenvalue weighted by Gasteiger charge is -2.14. The van der Waals surface area contributed by atoms with E-state index in [2.05, 4.69) is 5.32 Å². The summed E-state index contributed by atoms with van der Waals surface area (Å²) in [5.41, 5.74) is 1.94. The van der Waals surface area contributed by atoms with Gasteiger partial charge in [0.2, 0.25) is 5.91 Å². The van der Waals surface area contributed by atoms with Crippen LogP contribution >= 0.6 is 0 Å². The number of para-hydroxylation sites is 1. The molecular formula is C21H24N2O4. The van der Waals surface area contributed by atoms with Gasteiger partial charge in [-0.1, -0.05) is 48.5 Å². The first-order chi connectivity index (χ1) is 13.1. The van der Waals surface area contributed by atoms with E-state index in [9.17, 15) is 9.59 Å². The number of carbonyl (C=O) groups excluding carboxylic acids is 2. The van der Waals surface area contributed by atoms with Crippen molar-refractivity contribution in [2.75, 3.05) is 13.7 Å². The lowest BCUT2D eigenvalue weighted by molar-refractivity contribution is -0.148.